The van der Waals surface area contributed by atoms with Crippen molar-refractivity contribution >= 4 is 6.01 Å². The van der Waals surface area contributed by atoms with E-state index >= 15 is 0 Å². The molecule has 0 amide bonds. The minimum Gasteiger partial charge on any atom is -0.408 e. The Labute approximate surface area is 185 Å². The van der Waals surface area contributed by atoms with Gasteiger partial charge in [0.2, 0.25) is 5.89 Å². The molecule has 170 valence electrons. The van der Waals surface area contributed by atoms with Crippen molar-refractivity contribution in [3.05, 3.63) is 53.0 Å². The van der Waals surface area contributed by atoms with E-state index in [0.717, 1.165) is 24.1 Å². The predicted molar refractivity (Wildman–Crippen MR) is 115 cm³/mol. The maximum atomic E-state index is 14.4. The Bertz CT molecular complexity index is 1070. The zero-order chi connectivity index (χ0) is 22.8. The molecule has 0 bridgehead atoms. The van der Waals surface area contributed by atoms with Crippen LogP contribution in [0.25, 0.3) is 11.3 Å². The number of benzene rings is 1. The van der Waals surface area contributed by atoms with E-state index in [1.165, 1.54) is 18.2 Å². The van der Waals surface area contributed by atoms with Gasteiger partial charge in [-0.15, -0.1) is 5.10 Å². The van der Waals surface area contributed by atoms with Crippen molar-refractivity contribution in [2.75, 3.05) is 24.6 Å². The lowest BCUT2D eigenvalue weighted by molar-refractivity contribution is 0.295. The van der Waals surface area contributed by atoms with Crippen LogP contribution >= 0.6 is 0 Å². The lowest BCUT2D eigenvalue weighted by Gasteiger charge is -2.34. The average Bonchev–Trinajstić information content (AvgIpc) is 3.19. The van der Waals surface area contributed by atoms with Crippen LogP contribution < -0.4 is 4.90 Å². The first-order chi connectivity index (χ1) is 15.4. The van der Waals surface area contributed by atoms with Gasteiger partial charge in [0.1, 0.15) is 11.6 Å². The van der Waals surface area contributed by atoms with E-state index in [0.29, 0.717) is 30.9 Å². The van der Waals surface area contributed by atoms with Crippen molar-refractivity contribution in [1.29, 1.82) is 0 Å². The monoisotopic (exact) mass is 443 g/mol. The summed E-state index contributed by atoms with van der Waals surface area (Å²) in [5, 5.41) is 26.2. The first-order valence-corrected chi connectivity index (χ1v) is 10.9. The molecular formula is C23H27F2N5O2. The molecule has 0 saturated heterocycles. The van der Waals surface area contributed by atoms with Gasteiger partial charge in [0.25, 0.3) is 0 Å². The third-order valence-electron chi connectivity index (χ3n) is 6.09. The summed E-state index contributed by atoms with van der Waals surface area (Å²) < 4.78 is 34.3. The Morgan fingerprint density at radius 2 is 1.88 bits per heavy atom. The first kappa shape index (κ1) is 22.3. The number of rotatable bonds is 7. The van der Waals surface area contributed by atoms with Gasteiger partial charge < -0.3 is 14.4 Å². The standard InChI is InChI=1S/C23H27F2N5O2/c1-13(2)16-8-7-15(12-30(9-10-31)23-29-26-14(3)32-23)22-17(16)11-20(27-28-22)21-18(24)5-4-6-19(21)25/h4-6,11,13,15-16,31H,7-10,12H2,1-3H3. The van der Waals surface area contributed by atoms with Crippen LogP contribution in [0.2, 0.25) is 0 Å². The van der Waals surface area contributed by atoms with E-state index in [4.69, 9.17) is 4.42 Å². The Morgan fingerprint density at radius 3 is 2.50 bits per heavy atom. The number of halogens is 2. The molecule has 0 aliphatic heterocycles. The van der Waals surface area contributed by atoms with E-state index in [1.54, 1.807) is 13.0 Å². The fraction of sp³-hybridized carbons (Fsp3) is 0.478. The number of anilines is 1. The Morgan fingerprint density at radius 1 is 1.12 bits per heavy atom. The van der Waals surface area contributed by atoms with Gasteiger partial charge in [-0.1, -0.05) is 25.0 Å². The number of aryl methyl sites for hydroxylation is 1. The molecule has 3 aromatic rings. The maximum absolute atomic E-state index is 14.4. The quantitative estimate of drug-likeness (QED) is 0.585. The number of hydrogen-bond donors (Lipinski definition) is 1. The van der Waals surface area contributed by atoms with E-state index in [-0.39, 0.29) is 29.7 Å². The van der Waals surface area contributed by atoms with Gasteiger partial charge in [-0.25, -0.2) is 8.78 Å². The van der Waals surface area contributed by atoms with Crippen molar-refractivity contribution in [1.82, 2.24) is 20.4 Å². The van der Waals surface area contributed by atoms with E-state index in [9.17, 15) is 13.9 Å². The van der Waals surface area contributed by atoms with Gasteiger partial charge in [-0.3, -0.25) is 0 Å². The maximum Gasteiger partial charge on any atom is 0.318 e. The number of fused-ring (bicyclic) bond motifs is 1. The van der Waals surface area contributed by atoms with E-state index in [2.05, 4.69) is 34.2 Å². The molecule has 1 N–H and O–H groups in total. The van der Waals surface area contributed by atoms with Crippen molar-refractivity contribution < 1.29 is 18.3 Å². The Hall–Kier alpha value is -2.94. The van der Waals surface area contributed by atoms with Gasteiger partial charge in [0.05, 0.1) is 23.6 Å². The highest BCUT2D eigenvalue weighted by Gasteiger charge is 2.33. The molecule has 32 heavy (non-hydrogen) atoms. The Kier molecular flexibility index (Phi) is 6.45. The summed E-state index contributed by atoms with van der Waals surface area (Å²) in [7, 11) is 0. The van der Waals surface area contributed by atoms with Crippen molar-refractivity contribution in [2.24, 2.45) is 5.92 Å². The van der Waals surface area contributed by atoms with Crippen LogP contribution in [0.1, 0.15) is 55.7 Å². The molecule has 1 aliphatic carbocycles. The van der Waals surface area contributed by atoms with Crippen LogP contribution in [0, 0.1) is 24.5 Å². The fourth-order valence-electron chi connectivity index (χ4n) is 4.50. The fourth-order valence-corrected chi connectivity index (χ4v) is 4.50. The second-order valence-electron chi connectivity index (χ2n) is 8.56. The van der Waals surface area contributed by atoms with Crippen molar-refractivity contribution in [3.63, 3.8) is 0 Å². The summed E-state index contributed by atoms with van der Waals surface area (Å²) in [6, 6.07) is 5.92. The van der Waals surface area contributed by atoms with Crippen molar-refractivity contribution in [3.8, 4) is 11.3 Å². The molecule has 7 nitrogen and oxygen atoms in total. The highest BCUT2D eigenvalue weighted by Crippen LogP contribution is 2.43. The summed E-state index contributed by atoms with van der Waals surface area (Å²) in [5.74, 6) is -0.317. The number of aliphatic hydroxyl groups is 1. The number of hydrogen-bond acceptors (Lipinski definition) is 7. The van der Waals surface area contributed by atoms with Gasteiger partial charge in [0, 0.05) is 25.9 Å². The molecule has 2 atom stereocenters. The first-order valence-electron chi connectivity index (χ1n) is 10.9. The third-order valence-corrected chi connectivity index (χ3v) is 6.09. The zero-order valence-corrected chi connectivity index (χ0v) is 18.4. The normalized spacial score (nSPS) is 18.1. The van der Waals surface area contributed by atoms with E-state index < -0.39 is 11.6 Å². The molecule has 4 rings (SSSR count). The highest BCUT2D eigenvalue weighted by atomic mass is 19.1. The third kappa shape index (κ3) is 4.34. The lowest BCUT2D eigenvalue weighted by atomic mass is 9.74. The SMILES string of the molecule is Cc1nnc(N(CCO)CC2CCC(C(C)C)c3cc(-c4c(F)cccc4F)nnc32)o1. The zero-order valence-electron chi connectivity index (χ0n) is 18.4. The highest BCUT2D eigenvalue weighted by molar-refractivity contribution is 5.61. The number of nitrogens with zero attached hydrogens (tertiary/aromatic N) is 5. The summed E-state index contributed by atoms with van der Waals surface area (Å²) >= 11 is 0. The van der Waals surface area contributed by atoms with Gasteiger partial charge in [-0.2, -0.15) is 10.2 Å². The molecule has 1 aromatic carbocycles. The van der Waals surface area contributed by atoms with E-state index in [1.807, 2.05) is 4.90 Å². The summed E-state index contributed by atoms with van der Waals surface area (Å²) in [6.07, 6.45) is 1.78. The average molecular weight is 443 g/mol. The molecule has 0 spiro atoms. The molecule has 9 heteroatoms. The molecule has 2 heterocycles. The minimum absolute atomic E-state index is 0.00535. The second kappa shape index (κ2) is 9.28. The molecule has 2 aromatic heterocycles. The smallest absolute Gasteiger partial charge is 0.318 e. The minimum atomic E-state index is -0.659. The summed E-state index contributed by atoms with van der Waals surface area (Å²) in [4.78, 5) is 1.84. The van der Waals surface area contributed by atoms with Crippen LogP contribution in [-0.4, -0.2) is 45.2 Å². The topological polar surface area (TPSA) is 88.2 Å². The van der Waals surface area contributed by atoms with Gasteiger partial charge in [0.15, 0.2) is 0 Å². The van der Waals surface area contributed by atoms with Crippen LogP contribution in [0.5, 0.6) is 0 Å². The molecule has 0 saturated carbocycles. The molecule has 0 fully saturated rings. The molecule has 2 unspecified atom stereocenters. The van der Waals surface area contributed by atoms with Crippen LogP contribution in [0.15, 0.2) is 28.7 Å². The van der Waals surface area contributed by atoms with Crippen LogP contribution in [0.3, 0.4) is 0 Å². The van der Waals surface area contributed by atoms with Gasteiger partial charge in [-0.05, 0) is 48.4 Å². The predicted octanol–water partition coefficient (Wildman–Crippen LogP) is 4.23. The van der Waals surface area contributed by atoms with Crippen LogP contribution in [0.4, 0.5) is 14.8 Å². The van der Waals surface area contributed by atoms with Gasteiger partial charge >= 0.3 is 6.01 Å². The summed E-state index contributed by atoms with van der Waals surface area (Å²) in [6.45, 7) is 6.78. The summed E-state index contributed by atoms with van der Waals surface area (Å²) in [5.41, 5.74) is 1.82. The lowest BCUT2D eigenvalue weighted by Crippen LogP contribution is -2.34. The number of aliphatic hydroxyl groups excluding tert-OH is 1. The van der Waals surface area contributed by atoms with Crippen LogP contribution in [-0.2, 0) is 0 Å². The largest absolute Gasteiger partial charge is 0.408 e. The molecule has 0 radical (unpaired) electrons. The van der Waals surface area contributed by atoms with Crippen molar-refractivity contribution in [2.45, 2.75) is 45.4 Å². The Balaban J connectivity index is 1.72. The molecular weight excluding hydrogens is 416 g/mol. The molecule has 1 aliphatic rings. The number of aromatic nitrogens is 4. The second-order valence-corrected chi connectivity index (χ2v) is 8.56.